The molecule has 2 atom stereocenters. The number of halogens is 2. The minimum absolute atomic E-state index is 0.0699. The van der Waals surface area contributed by atoms with Crippen molar-refractivity contribution in [2.75, 3.05) is 11.6 Å². The quantitative estimate of drug-likeness (QED) is 0.472. The second-order valence-electron chi connectivity index (χ2n) is 9.45. The molecule has 204 valence electrons. The van der Waals surface area contributed by atoms with E-state index in [-0.39, 0.29) is 45.7 Å². The lowest BCUT2D eigenvalue weighted by molar-refractivity contribution is -0.133. The standard InChI is InChI=1S/C23H24F2N4O6S3/c1-37(32,33)26-9-13-11-36-22-20(13)38(34,35)28-21(27-22)18-19(30)14-4-2-3-5-17(14)29(23(18)31)10-12-6-7-15(24)16(25)8-12/h6-8,11,14,17,26,30H,2-5,9-10H2,1H3,(H,27,28). The Morgan fingerprint density at radius 3 is 2.68 bits per heavy atom. The van der Waals surface area contributed by atoms with E-state index in [0.29, 0.717) is 18.4 Å². The van der Waals surface area contributed by atoms with Gasteiger partial charge in [-0.15, -0.1) is 15.7 Å². The van der Waals surface area contributed by atoms with Crippen LogP contribution in [-0.4, -0.2) is 50.9 Å². The number of sulfonamides is 2. The lowest BCUT2D eigenvalue weighted by atomic mass is 9.78. The topological polar surface area (TPSA) is 145 Å². The van der Waals surface area contributed by atoms with Crippen LogP contribution in [0.25, 0.3) is 0 Å². The molecule has 38 heavy (non-hydrogen) atoms. The normalized spacial score (nSPS) is 23.0. The average molecular weight is 587 g/mol. The van der Waals surface area contributed by atoms with Crippen molar-refractivity contribution in [1.29, 1.82) is 0 Å². The molecule has 10 nitrogen and oxygen atoms in total. The van der Waals surface area contributed by atoms with Crippen molar-refractivity contribution in [3.63, 3.8) is 0 Å². The lowest BCUT2D eigenvalue weighted by Gasteiger charge is -2.44. The molecule has 1 aliphatic carbocycles. The molecule has 2 unspecified atom stereocenters. The number of benzene rings is 1. The Morgan fingerprint density at radius 2 is 1.97 bits per heavy atom. The van der Waals surface area contributed by atoms with E-state index in [0.717, 1.165) is 42.6 Å². The number of amides is 1. The first-order chi connectivity index (χ1) is 17.9. The van der Waals surface area contributed by atoms with Crippen molar-refractivity contribution >= 4 is 48.1 Å². The first-order valence-electron chi connectivity index (χ1n) is 11.7. The van der Waals surface area contributed by atoms with Gasteiger partial charge in [0.2, 0.25) is 10.0 Å². The van der Waals surface area contributed by atoms with Crippen LogP contribution in [-0.2, 0) is 37.9 Å². The third-order valence-corrected chi connectivity index (χ3v) is 9.98. The number of fused-ring (bicyclic) bond motifs is 2. The van der Waals surface area contributed by atoms with Gasteiger partial charge in [-0.05, 0) is 35.9 Å². The van der Waals surface area contributed by atoms with Gasteiger partial charge in [-0.2, -0.15) is 8.42 Å². The van der Waals surface area contributed by atoms with Crippen LogP contribution in [0.2, 0.25) is 0 Å². The molecule has 1 amide bonds. The summed E-state index contributed by atoms with van der Waals surface area (Å²) in [4.78, 5) is 15.0. The number of thiophene rings is 1. The molecule has 1 aromatic carbocycles. The zero-order valence-corrected chi connectivity index (χ0v) is 22.5. The average Bonchev–Trinajstić information content (AvgIpc) is 3.26. The van der Waals surface area contributed by atoms with Crippen molar-refractivity contribution in [3.8, 4) is 0 Å². The summed E-state index contributed by atoms with van der Waals surface area (Å²) in [6.45, 7) is -0.339. The molecule has 1 saturated carbocycles. The van der Waals surface area contributed by atoms with Crippen LogP contribution in [0, 0.1) is 17.6 Å². The number of nitrogens with one attached hydrogen (secondary N) is 2. The number of nitrogens with zero attached hydrogens (tertiary/aromatic N) is 2. The van der Waals surface area contributed by atoms with Crippen molar-refractivity contribution in [2.24, 2.45) is 10.3 Å². The number of aliphatic hydroxyl groups is 1. The SMILES string of the molecule is CS(=O)(=O)NCc1csc2c1S(=O)(=O)N=C(C1=C(O)C3CCCCC3N(Cc3ccc(F)c(F)c3)C1=O)N2. The number of rotatable bonds is 6. The maximum atomic E-state index is 13.9. The molecule has 0 spiro atoms. The van der Waals surface area contributed by atoms with Crippen molar-refractivity contribution in [1.82, 2.24) is 9.62 Å². The Labute approximate surface area is 222 Å². The van der Waals surface area contributed by atoms with Crippen LogP contribution < -0.4 is 10.0 Å². The van der Waals surface area contributed by atoms with E-state index in [2.05, 4.69) is 14.4 Å². The van der Waals surface area contributed by atoms with Gasteiger partial charge < -0.3 is 15.3 Å². The summed E-state index contributed by atoms with van der Waals surface area (Å²) in [5.41, 5.74) is 0.234. The van der Waals surface area contributed by atoms with Gasteiger partial charge in [0.15, 0.2) is 17.5 Å². The highest BCUT2D eigenvalue weighted by molar-refractivity contribution is 7.91. The maximum absolute atomic E-state index is 13.9. The molecular formula is C23H24F2N4O6S3. The highest BCUT2D eigenvalue weighted by Crippen LogP contribution is 2.42. The number of aliphatic hydroxyl groups excluding tert-OH is 1. The molecule has 2 aliphatic heterocycles. The van der Waals surface area contributed by atoms with Crippen LogP contribution >= 0.6 is 11.3 Å². The number of carbonyl (C=O) groups excluding carboxylic acids is 1. The largest absolute Gasteiger partial charge is 0.511 e. The van der Waals surface area contributed by atoms with Crippen LogP contribution in [0.15, 0.2) is 44.2 Å². The second kappa shape index (κ2) is 9.70. The fourth-order valence-corrected chi connectivity index (χ4v) is 8.15. The molecule has 3 N–H and O–H groups in total. The minimum atomic E-state index is -4.36. The third kappa shape index (κ3) is 4.95. The first-order valence-corrected chi connectivity index (χ1v) is 15.9. The Hall–Kier alpha value is -2.88. The fraction of sp³-hybridized carbons (Fsp3) is 0.391. The zero-order chi connectivity index (χ0) is 27.4. The minimum Gasteiger partial charge on any atom is -0.511 e. The predicted octanol–water partition coefficient (Wildman–Crippen LogP) is 3.00. The number of carbonyl (C=O) groups is 1. The van der Waals surface area contributed by atoms with Gasteiger partial charge in [0.1, 0.15) is 21.2 Å². The number of anilines is 1. The number of amidine groups is 1. The highest BCUT2D eigenvalue weighted by Gasteiger charge is 2.46. The maximum Gasteiger partial charge on any atom is 0.287 e. The molecule has 3 aliphatic rings. The molecule has 3 heterocycles. The molecule has 2 aromatic rings. The van der Waals surface area contributed by atoms with E-state index in [9.17, 15) is 35.5 Å². The molecular weight excluding hydrogens is 562 g/mol. The van der Waals surface area contributed by atoms with E-state index in [1.54, 1.807) is 0 Å². The van der Waals surface area contributed by atoms with Gasteiger partial charge in [-0.25, -0.2) is 21.9 Å². The summed E-state index contributed by atoms with van der Waals surface area (Å²) in [6, 6.07) is 2.94. The Balaban J connectivity index is 1.52. The van der Waals surface area contributed by atoms with E-state index in [1.165, 1.54) is 16.3 Å². The summed E-state index contributed by atoms with van der Waals surface area (Å²) >= 11 is 0.992. The van der Waals surface area contributed by atoms with E-state index < -0.39 is 49.5 Å². The van der Waals surface area contributed by atoms with Gasteiger partial charge in [-0.3, -0.25) is 4.79 Å². The summed E-state index contributed by atoms with van der Waals surface area (Å²) in [7, 11) is -7.95. The fourth-order valence-electron chi connectivity index (χ4n) is 5.13. The van der Waals surface area contributed by atoms with Gasteiger partial charge in [0.25, 0.3) is 15.9 Å². The zero-order valence-electron chi connectivity index (χ0n) is 20.1. The molecule has 5 rings (SSSR count). The Kier molecular flexibility index (Phi) is 6.82. The van der Waals surface area contributed by atoms with Gasteiger partial charge in [0.05, 0.1) is 6.26 Å². The number of hydrogen-bond acceptors (Lipinski definition) is 8. The highest BCUT2D eigenvalue weighted by atomic mass is 32.2. The van der Waals surface area contributed by atoms with E-state index in [1.807, 2.05) is 0 Å². The monoisotopic (exact) mass is 586 g/mol. The Morgan fingerprint density at radius 1 is 1.24 bits per heavy atom. The lowest BCUT2D eigenvalue weighted by Crippen LogP contribution is -2.52. The molecule has 0 radical (unpaired) electrons. The first kappa shape index (κ1) is 26.7. The molecule has 0 bridgehead atoms. The van der Waals surface area contributed by atoms with E-state index in [4.69, 9.17) is 0 Å². The summed E-state index contributed by atoms with van der Waals surface area (Å²) in [6.07, 6.45) is 3.68. The van der Waals surface area contributed by atoms with Gasteiger partial charge >= 0.3 is 0 Å². The van der Waals surface area contributed by atoms with Crippen LogP contribution in [0.1, 0.15) is 36.8 Å². The number of hydrogen-bond donors (Lipinski definition) is 3. The van der Waals surface area contributed by atoms with Crippen molar-refractivity contribution in [3.05, 3.63) is 57.7 Å². The second-order valence-corrected chi connectivity index (χ2v) is 13.7. The molecule has 1 aromatic heterocycles. The Bertz CT molecular complexity index is 1600. The molecule has 0 saturated heterocycles. The van der Waals surface area contributed by atoms with Crippen LogP contribution in [0.3, 0.4) is 0 Å². The van der Waals surface area contributed by atoms with E-state index >= 15 is 0 Å². The smallest absolute Gasteiger partial charge is 0.287 e. The van der Waals surface area contributed by atoms with Crippen molar-refractivity contribution in [2.45, 2.75) is 49.7 Å². The predicted molar refractivity (Wildman–Crippen MR) is 137 cm³/mol. The van der Waals surface area contributed by atoms with Crippen LogP contribution in [0.4, 0.5) is 13.8 Å². The molecule has 15 heteroatoms. The molecule has 1 fully saturated rings. The van der Waals surface area contributed by atoms with Crippen LogP contribution in [0.5, 0.6) is 0 Å². The summed E-state index contributed by atoms with van der Waals surface area (Å²) in [5, 5.41) is 15.6. The van der Waals surface area contributed by atoms with Gasteiger partial charge in [0, 0.05) is 30.6 Å². The summed E-state index contributed by atoms with van der Waals surface area (Å²) in [5.74, 6) is -3.84. The van der Waals surface area contributed by atoms with Crippen molar-refractivity contribution < 1.29 is 35.5 Å². The van der Waals surface area contributed by atoms with Gasteiger partial charge in [-0.1, -0.05) is 18.9 Å². The summed E-state index contributed by atoms with van der Waals surface area (Å²) < 4.78 is 82.7. The third-order valence-electron chi connectivity index (χ3n) is 6.83.